The van der Waals surface area contributed by atoms with Gasteiger partial charge in [-0.25, -0.2) is 0 Å². The number of rotatable bonds is 0. The van der Waals surface area contributed by atoms with Crippen LogP contribution in [0.2, 0.25) is 0 Å². The Morgan fingerprint density at radius 3 is 2.62 bits per heavy atom. The highest BCUT2D eigenvalue weighted by atomic mass is 16.1. The summed E-state index contributed by atoms with van der Waals surface area (Å²) in [7, 11) is 0. The SMILES string of the molecule is Cc1ccc2c(=O)[nH]c3ccccc3c2c1. The number of fused-ring (bicyclic) bond motifs is 3. The third-order valence-electron chi connectivity index (χ3n) is 2.89. The van der Waals surface area contributed by atoms with Gasteiger partial charge in [0.1, 0.15) is 0 Å². The van der Waals surface area contributed by atoms with Crippen LogP contribution in [0.15, 0.2) is 47.3 Å². The summed E-state index contributed by atoms with van der Waals surface area (Å²) in [5.74, 6) is 0. The van der Waals surface area contributed by atoms with Crippen LogP contribution in [0.5, 0.6) is 0 Å². The van der Waals surface area contributed by atoms with E-state index in [4.69, 9.17) is 0 Å². The molecule has 0 saturated heterocycles. The molecule has 1 heterocycles. The second-order valence-corrected chi connectivity index (χ2v) is 4.05. The van der Waals surface area contributed by atoms with E-state index in [2.05, 4.69) is 11.1 Å². The number of H-pyrrole nitrogens is 1. The Morgan fingerprint density at radius 1 is 0.938 bits per heavy atom. The van der Waals surface area contributed by atoms with Gasteiger partial charge in [-0.05, 0) is 24.4 Å². The van der Waals surface area contributed by atoms with Crippen molar-refractivity contribution in [3.05, 3.63) is 58.4 Å². The van der Waals surface area contributed by atoms with E-state index in [9.17, 15) is 4.79 Å². The highest BCUT2D eigenvalue weighted by Gasteiger charge is 2.03. The van der Waals surface area contributed by atoms with E-state index in [0.29, 0.717) is 0 Å². The first-order valence-electron chi connectivity index (χ1n) is 5.27. The number of aromatic nitrogens is 1. The van der Waals surface area contributed by atoms with Gasteiger partial charge in [0.2, 0.25) is 0 Å². The summed E-state index contributed by atoms with van der Waals surface area (Å²) in [6.07, 6.45) is 0. The zero-order valence-electron chi connectivity index (χ0n) is 8.95. The molecule has 0 aliphatic rings. The summed E-state index contributed by atoms with van der Waals surface area (Å²) >= 11 is 0. The van der Waals surface area contributed by atoms with Crippen molar-refractivity contribution in [1.82, 2.24) is 4.98 Å². The van der Waals surface area contributed by atoms with Crippen LogP contribution in [-0.2, 0) is 0 Å². The van der Waals surface area contributed by atoms with E-state index in [1.165, 1.54) is 5.56 Å². The molecule has 2 nitrogen and oxygen atoms in total. The smallest absolute Gasteiger partial charge is 0.256 e. The molecule has 0 spiro atoms. The lowest BCUT2D eigenvalue weighted by atomic mass is 10.0. The fourth-order valence-electron chi connectivity index (χ4n) is 2.10. The summed E-state index contributed by atoms with van der Waals surface area (Å²) in [4.78, 5) is 14.7. The van der Waals surface area contributed by atoms with Crippen molar-refractivity contribution in [3.63, 3.8) is 0 Å². The lowest BCUT2D eigenvalue weighted by Gasteiger charge is -2.03. The number of hydrogen-bond acceptors (Lipinski definition) is 1. The van der Waals surface area contributed by atoms with Gasteiger partial charge in [0.25, 0.3) is 5.56 Å². The van der Waals surface area contributed by atoms with E-state index in [0.717, 1.165) is 21.7 Å². The minimum Gasteiger partial charge on any atom is -0.321 e. The lowest BCUT2D eigenvalue weighted by molar-refractivity contribution is 1.34. The largest absolute Gasteiger partial charge is 0.321 e. The molecule has 0 aliphatic heterocycles. The third kappa shape index (κ3) is 1.23. The van der Waals surface area contributed by atoms with Crippen molar-refractivity contribution in [2.24, 2.45) is 0 Å². The van der Waals surface area contributed by atoms with E-state index in [1.54, 1.807) is 0 Å². The van der Waals surface area contributed by atoms with Crippen molar-refractivity contribution >= 4 is 21.7 Å². The molecule has 78 valence electrons. The highest BCUT2D eigenvalue weighted by molar-refractivity contribution is 6.05. The molecule has 3 rings (SSSR count). The summed E-state index contributed by atoms with van der Waals surface area (Å²) in [6.45, 7) is 2.04. The molecular formula is C14H11NO. The predicted octanol–water partition coefficient (Wildman–Crippen LogP) is 2.99. The third-order valence-corrected chi connectivity index (χ3v) is 2.89. The van der Waals surface area contributed by atoms with Crippen molar-refractivity contribution in [3.8, 4) is 0 Å². The van der Waals surface area contributed by atoms with Gasteiger partial charge in [0, 0.05) is 16.3 Å². The molecule has 0 amide bonds. The number of benzene rings is 2. The summed E-state index contributed by atoms with van der Waals surface area (Å²) in [5.41, 5.74) is 2.04. The Kier molecular flexibility index (Phi) is 1.83. The van der Waals surface area contributed by atoms with Crippen LogP contribution in [0.25, 0.3) is 21.7 Å². The van der Waals surface area contributed by atoms with Crippen molar-refractivity contribution in [1.29, 1.82) is 0 Å². The number of para-hydroxylation sites is 1. The Bertz CT molecular complexity index is 740. The molecule has 0 saturated carbocycles. The van der Waals surface area contributed by atoms with Gasteiger partial charge < -0.3 is 4.98 Å². The molecule has 1 N–H and O–H groups in total. The van der Waals surface area contributed by atoms with Gasteiger partial charge in [-0.3, -0.25) is 4.79 Å². The van der Waals surface area contributed by atoms with Crippen LogP contribution < -0.4 is 5.56 Å². The minimum absolute atomic E-state index is 0.0197. The molecule has 0 unspecified atom stereocenters. The van der Waals surface area contributed by atoms with Crippen LogP contribution in [0.4, 0.5) is 0 Å². The van der Waals surface area contributed by atoms with Gasteiger partial charge in [0.05, 0.1) is 0 Å². The monoisotopic (exact) mass is 209 g/mol. The van der Waals surface area contributed by atoms with Gasteiger partial charge in [-0.15, -0.1) is 0 Å². The summed E-state index contributed by atoms with van der Waals surface area (Å²) in [6, 6.07) is 13.8. The topological polar surface area (TPSA) is 32.9 Å². The van der Waals surface area contributed by atoms with Crippen LogP contribution in [0.3, 0.4) is 0 Å². The molecule has 1 aromatic heterocycles. The maximum absolute atomic E-state index is 11.8. The number of hydrogen-bond donors (Lipinski definition) is 1. The van der Waals surface area contributed by atoms with Crippen LogP contribution in [0, 0.1) is 6.92 Å². The first kappa shape index (κ1) is 9.16. The second-order valence-electron chi connectivity index (χ2n) is 4.05. The van der Waals surface area contributed by atoms with Gasteiger partial charge in [-0.2, -0.15) is 0 Å². The van der Waals surface area contributed by atoms with Gasteiger partial charge in [-0.1, -0.05) is 35.9 Å². The van der Waals surface area contributed by atoms with E-state index in [-0.39, 0.29) is 5.56 Å². The standard InChI is InChI=1S/C14H11NO/c1-9-6-7-11-12(8-9)10-4-2-3-5-13(10)15-14(11)16/h2-8H,1H3,(H,15,16). The molecule has 3 aromatic rings. The first-order chi connectivity index (χ1) is 7.75. The average molecular weight is 209 g/mol. The van der Waals surface area contributed by atoms with E-state index >= 15 is 0 Å². The molecule has 2 aromatic carbocycles. The zero-order chi connectivity index (χ0) is 11.1. The molecule has 0 bridgehead atoms. The van der Waals surface area contributed by atoms with Crippen LogP contribution >= 0.6 is 0 Å². The maximum atomic E-state index is 11.8. The molecular weight excluding hydrogens is 198 g/mol. The highest BCUT2D eigenvalue weighted by Crippen LogP contribution is 2.21. The van der Waals surface area contributed by atoms with Crippen LogP contribution in [0.1, 0.15) is 5.56 Å². The molecule has 0 aliphatic carbocycles. The fraction of sp³-hybridized carbons (Fsp3) is 0.0714. The number of nitrogens with one attached hydrogen (secondary N) is 1. The van der Waals surface area contributed by atoms with Crippen molar-refractivity contribution in [2.45, 2.75) is 6.92 Å². The maximum Gasteiger partial charge on any atom is 0.256 e. The Balaban J connectivity index is 2.67. The van der Waals surface area contributed by atoms with E-state index < -0.39 is 0 Å². The molecule has 2 heteroatoms. The summed E-state index contributed by atoms with van der Waals surface area (Å²) in [5, 5.41) is 2.88. The van der Waals surface area contributed by atoms with Crippen molar-refractivity contribution < 1.29 is 0 Å². The lowest BCUT2D eigenvalue weighted by Crippen LogP contribution is -2.06. The number of aryl methyl sites for hydroxylation is 1. The Morgan fingerprint density at radius 2 is 1.75 bits per heavy atom. The number of pyridine rings is 1. The molecule has 0 atom stereocenters. The number of aromatic amines is 1. The van der Waals surface area contributed by atoms with Crippen LogP contribution in [-0.4, -0.2) is 4.98 Å². The second kappa shape index (κ2) is 3.20. The van der Waals surface area contributed by atoms with Gasteiger partial charge in [0.15, 0.2) is 0 Å². The minimum atomic E-state index is -0.0197. The fourth-order valence-corrected chi connectivity index (χ4v) is 2.10. The summed E-state index contributed by atoms with van der Waals surface area (Å²) < 4.78 is 0. The zero-order valence-corrected chi connectivity index (χ0v) is 8.95. The molecule has 0 fully saturated rings. The van der Waals surface area contributed by atoms with E-state index in [1.807, 2.05) is 43.3 Å². The molecule has 16 heavy (non-hydrogen) atoms. The quantitative estimate of drug-likeness (QED) is 0.567. The Hall–Kier alpha value is -2.09. The van der Waals surface area contributed by atoms with Crippen molar-refractivity contribution in [2.75, 3.05) is 0 Å². The predicted molar refractivity (Wildman–Crippen MR) is 66.8 cm³/mol. The van der Waals surface area contributed by atoms with Gasteiger partial charge >= 0.3 is 0 Å². The average Bonchev–Trinajstić information content (AvgIpc) is 2.29. The molecule has 0 radical (unpaired) electrons. The Labute approximate surface area is 92.5 Å². The first-order valence-corrected chi connectivity index (χ1v) is 5.27. The normalized spacial score (nSPS) is 11.1.